The van der Waals surface area contributed by atoms with Crippen LogP contribution < -0.4 is 14.5 Å². The topological polar surface area (TPSA) is 79.5 Å². The van der Waals surface area contributed by atoms with Gasteiger partial charge in [-0.2, -0.15) is 0 Å². The molecule has 6 nitrogen and oxygen atoms in total. The van der Waals surface area contributed by atoms with Crippen LogP contribution in [0.15, 0.2) is 82.6 Å². The van der Waals surface area contributed by atoms with Gasteiger partial charge in [0.25, 0.3) is 0 Å². The maximum absolute atomic E-state index is 13.9. The van der Waals surface area contributed by atoms with Gasteiger partial charge in [-0.25, -0.2) is 4.90 Å². The zero-order valence-electron chi connectivity index (χ0n) is 19.6. The van der Waals surface area contributed by atoms with Gasteiger partial charge in [-0.3, -0.25) is 14.4 Å². The molecule has 4 aromatic rings. The Morgan fingerprint density at radius 1 is 0.946 bits per heavy atom. The van der Waals surface area contributed by atoms with Crippen molar-refractivity contribution in [2.24, 2.45) is 5.92 Å². The number of aromatic amines is 1. The lowest BCUT2D eigenvalue weighted by atomic mass is 9.82. The lowest BCUT2D eigenvalue weighted by molar-refractivity contribution is -0.122. The molecule has 186 valence electrons. The molecule has 0 spiro atoms. The number of aromatic nitrogens is 1. The van der Waals surface area contributed by atoms with Crippen LogP contribution in [0.1, 0.15) is 27.5 Å². The number of fused-ring (bicyclic) bond motifs is 2. The van der Waals surface area contributed by atoms with Crippen LogP contribution in [0, 0.1) is 12.8 Å². The van der Waals surface area contributed by atoms with Gasteiger partial charge in [0.2, 0.25) is 11.8 Å². The number of nitrogens with zero attached hydrogens (tertiary/aromatic N) is 1. The SMILES string of the molecule is Cc1ccc(N2C(=O)C3Sc4[nH]c(=O)sc4[C@H](c4ccccc4OCc4ccc(Cl)cc4)C3C2=O)cc1. The number of para-hydroxylation sites is 1. The molecule has 6 rings (SSSR count). The number of ether oxygens (including phenoxy) is 1. The predicted octanol–water partition coefficient (Wildman–Crippen LogP) is 5.77. The minimum absolute atomic E-state index is 0.211. The Labute approximate surface area is 226 Å². The van der Waals surface area contributed by atoms with E-state index < -0.39 is 17.1 Å². The quantitative estimate of drug-likeness (QED) is 0.320. The number of imide groups is 1. The Bertz CT molecular complexity index is 1560. The summed E-state index contributed by atoms with van der Waals surface area (Å²) in [6.45, 7) is 2.26. The summed E-state index contributed by atoms with van der Waals surface area (Å²) in [6, 6.07) is 22.3. The molecule has 2 amide bonds. The van der Waals surface area contributed by atoms with E-state index in [1.54, 1.807) is 24.3 Å². The van der Waals surface area contributed by atoms with E-state index in [0.29, 0.717) is 28.1 Å². The normalized spacial score (nSPS) is 20.6. The second kappa shape index (κ2) is 9.52. The molecule has 2 aliphatic rings. The first-order valence-electron chi connectivity index (χ1n) is 11.7. The van der Waals surface area contributed by atoms with E-state index in [2.05, 4.69) is 4.98 Å². The van der Waals surface area contributed by atoms with Crippen molar-refractivity contribution in [1.29, 1.82) is 0 Å². The fourth-order valence-corrected chi connectivity index (χ4v) is 7.54. The van der Waals surface area contributed by atoms with Crippen molar-refractivity contribution in [2.45, 2.75) is 29.7 Å². The smallest absolute Gasteiger partial charge is 0.305 e. The summed E-state index contributed by atoms with van der Waals surface area (Å²) < 4.78 is 6.23. The number of carbonyl (C=O) groups is 2. The number of rotatable bonds is 5. The van der Waals surface area contributed by atoms with E-state index in [4.69, 9.17) is 16.3 Å². The molecule has 1 saturated heterocycles. The maximum atomic E-state index is 13.9. The third-order valence-electron chi connectivity index (χ3n) is 6.68. The van der Waals surface area contributed by atoms with Crippen molar-refractivity contribution in [2.75, 3.05) is 4.90 Å². The monoisotopic (exact) mass is 548 g/mol. The van der Waals surface area contributed by atoms with Crippen molar-refractivity contribution < 1.29 is 14.3 Å². The number of thioether (sulfide) groups is 1. The van der Waals surface area contributed by atoms with Crippen molar-refractivity contribution in [3.63, 3.8) is 0 Å². The lowest BCUT2D eigenvalue weighted by Crippen LogP contribution is -2.32. The second-order valence-corrected chi connectivity index (χ2v) is 11.7. The highest BCUT2D eigenvalue weighted by atomic mass is 35.5. The van der Waals surface area contributed by atoms with E-state index in [1.807, 2.05) is 55.5 Å². The van der Waals surface area contributed by atoms with Gasteiger partial charge in [-0.1, -0.05) is 82.7 Å². The van der Waals surface area contributed by atoms with Crippen LogP contribution in [-0.4, -0.2) is 22.0 Å². The van der Waals surface area contributed by atoms with Crippen LogP contribution in [0.5, 0.6) is 5.75 Å². The zero-order valence-corrected chi connectivity index (χ0v) is 22.0. The van der Waals surface area contributed by atoms with Gasteiger partial charge in [0.15, 0.2) is 0 Å². The van der Waals surface area contributed by atoms with E-state index >= 15 is 0 Å². The molecule has 0 bridgehead atoms. The van der Waals surface area contributed by atoms with Gasteiger partial charge in [0.1, 0.15) is 17.6 Å². The summed E-state index contributed by atoms with van der Waals surface area (Å²) in [5.41, 5.74) is 3.31. The standard InChI is InChI=1S/C28H21ClN2O4S2/c1-15-6-12-18(13-7-15)31-26(32)22-21(23-25(30-28(34)37-23)36-24(22)27(31)33)19-4-2-3-5-20(19)35-14-16-8-10-17(29)11-9-16/h2-13,21-22,24H,14H2,1H3,(H,30,34)/t21-,22?,24?/m1/s1. The molecule has 0 radical (unpaired) electrons. The number of aryl methyl sites for hydroxylation is 1. The van der Waals surface area contributed by atoms with Crippen molar-refractivity contribution >= 4 is 52.2 Å². The molecule has 1 aromatic heterocycles. The van der Waals surface area contributed by atoms with Crippen LogP contribution >= 0.6 is 34.7 Å². The number of carbonyl (C=O) groups excluding carboxylic acids is 2. The molecule has 1 fully saturated rings. The largest absolute Gasteiger partial charge is 0.489 e. The van der Waals surface area contributed by atoms with Crippen molar-refractivity contribution in [1.82, 2.24) is 4.98 Å². The van der Waals surface area contributed by atoms with Gasteiger partial charge in [0.05, 0.1) is 16.6 Å². The fraction of sp³-hybridized carbons (Fsp3) is 0.179. The molecule has 37 heavy (non-hydrogen) atoms. The fourth-order valence-electron chi connectivity index (χ4n) is 4.91. The summed E-state index contributed by atoms with van der Waals surface area (Å²) in [4.78, 5) is 44.6. The Balaban J connectivity index is 1.41. The molecule has 3 aromatic carbocycles. The van der Waals surface area contributed by atoms with E-state index in [-0.39, 0.29) is 16.7 Å². The van der Waals surface area contributed by atoms with Gasteiger partial charge >= 0.3 is 4.87 Å². The van der Waals surface area contributed by atoms with Crippen LogP contribution in [-0.2, 0) is 16.2 Å². The number of anilines is 1. The number of hydrogen-bond donors (Lipinski definition) is 1. The van der Waals surface area contributed by atoms with Crippen LogP contribution in [0.2, 0.25) is 5.02 Å². The predicted molar refractivity (Wildman–Crippen MR) is 146 cm³/mol. The molecule has 2 aliphatic heterocycles. The summed E-state index contributed by atoms with van der Waals surface area (Å²) in [5, 5.41) is 0.633. The molecule has 0 saturated carbocycles. The number of thiazole rings is 1. The number of benzene rings is 3. The molecule has 2 unspecified atom stereocenters. The number of halogens is 1. The highest BCUT2D eigenvalue weighted by molar-refractivity contribution is 8.00. The molecule has 9 heteroatoms. The minimum Gasteiger partial charge on any atom is -0.489 e. The Morgan fingerprint density at radius 2 is 1.68 bits per heavy atom. The first kappa shape index (κ1) is 24.0. The van der Waals surface area contributed by atoms with E-state index in [1.165, 1.54) is 16.7 Å². The number of amides is 2. The average molecular weight is 549 g/mol. The summed E-state index contributed by atoms with van der Waals surface area (Å²) in [5.74, 6) is -1.10. The Kier molecular flexibility index (Phi) is 6.18. The molecule has 1 N–H and O–H groups in total. The first-order valence-corrected chi connectivity index (χ1v) is 13.8. The Hall–Kier alpha value is -3.33. The third-order valence-corrected chi connectivity index (χ3v) is 9.33. The van der Waals surface area contributed by atoms with E-state index in [9.17, 15) is 14.4 Å². The highest BCUT2D eigenvalue weighted by Crippen LogP contribution is 2.54. The summed E-state index contributed by atoms with van der Waals surface area (Å²) in [6.07, 6.45) is 0. The molecule has 3 heterocycles. The molecular weight excluding hydrogens is 528 g/mol. The molecular formula is C28H21ClN2O4S2. The summed E-state index contributed by atoms with van der Waals surface area (Å²) >= 11 is 8.36. The van der Waals surface area contributed by atoms with Crippen LogP contribution in [0.4, 0.5) is 5.69 Å². The van der Waals surface area contributed by atoms with Crippen molar-refractivity contribution in [3.05, 3.63) is 109 Å². The maximum Gasteiger partial charge on any atom is 0.305 e. The molecule has 0 aliphatic carbocycles. The Morgan fingerprint density at radius 3 is 2.43 bits per heavy atom. The summed E-state index contributed by atoms with van der Waals surface area (Å²) in [7, 11) is 0. The molecule has 3 atom stereocenters. The van der Waals surface area contributed by atoms with Crippen LogP contribution in [0.3, 0.4) is 0 Å². The first-order chi connectivity index (χ1) is 17.9. The van der Waals surface area contributed by atoms with Gasteiger partial charge < -0.3 is 9.72 Å². The van der Waals surface area contributed by atoms with Gasteiger partial charge in [0, 0.05) is 21.4 Å². The zero-order chi connectivity index (χ0) is 25.7. The second-order valence-electron chi connectivity index (χ2n) is 9.05. The van der Waals surface area contributed by atoms with E-state index in [0.717, 1.165) is 32.9 Å². The number of H-pyrrole nitrogens is 1. The number of nitrogens with one attached hydrogen (secondary N) is 1. The minimum atomic E-state index is -0.668. The number of hydrogen-bond acceptors (Lipinski definition) is 6. The lowest BCUT2D eigenvalue weighted by Gasteiger charge is -2.30. The van der Waals surface area contributed by atoms with Gasteiger partial charge in [-0.05, 0) is 42.8 Å². The third kappa shape index (κ3) is 4.29. The van der Waals surface area contributed by atoms with Crippen LogP contribution in [0.25, 0.3) is 0 Å². The van der Waals surface area contributed by atoms with Crippen molar-refractivity contribution in [3.8, 4) is 5.75 Å². The van der Waals surface area contributed by atoms with Gasteiger partial charge in [-0.15, -0.1) is 0 Å². The highest BCUT2D eigenvalue weighted by Gasteiger charge is 2.56. The average Bonchev–Trinajstić information content (AvgIpc) is 3.39.